The van der Waals surface area contributed by atoms with E-state index >= 15 is 0 Å². The van der Waals surface area contributed by atoms with Crippen LogP contribution < -0.4 is 36.2 Å². The summed E-state index contributed by atoms with van der Waals surface area (Å²) in [6, 6.07) is 28.9. The van der Waals surface area contributed by atoms with Crippen LogP contribution in [0.1, 0.15) is 0 Å². The van der Waals surface area contributed by atoms with Crippen molar-refractivity contribution in [1.29, 1.82) is 0 Å². The second kappa shape index (κ2) is 11.9. The summed E-state index contributed by atoms with van der Waals surface area (Å²) in [6.07, 6.45) is 0. The molecule has 10 nitrogen and oxygen atoms in total. The SMILES string of the molecule is S=P1(N=P2([S-])Oc3ccccc3O2)Oc2ccccc2O1.S=P1(N=P2([S-])Oc3ccccc3O2)Oc2ccccc2O1.[Co+2]. The third-order valence-corrected chi connectivity index (χ3v) is 16.9. The second-order valence-electron chi connectivity index (χ2n) is 8.57. The molecule has 0 unspecified atom stereocenters. The average Bonchev–Trinajstić information content (AvgIpc) is 3.65. The van der Waals surface area contributed by atoms with Crippen molar-refractivity contribution in [1.82, 2.24) is 0 Å². The van der Waals surface area contributed by atoms with Gasteiger partial charge in [-0.3, -0.25) is 0 Å². The van der Waals surface area contributed by atoms with Crippen molar-refractivity contribution >= 4 is 74.8 Å². The largest absolute Gasteiger partial charge is 2.00 e. The fourth-order valence-corrected chi connectivity index (χ4v) is 16.8. The first kappa shape index (κ1) is 31.2. The summed E-state index contributed by atoms with van der Waals surface area (Å²) in [5, 5.41) is 0. The number of nitrogens with zero attached hydrogens (tertiary/aromatic N) is 2. The van der Waals surface area contributed by atoms with Gasteiger partial charge in [0.2, 0.25) is 0 Å². The topological polar surface area (TPSA) is 98.6 Å². The summed E-state index contributed by atoms with van der Waals surface area (Å²) in [5.41, 5.74) is 0. The van der Waals surface area contributed by atoms with Crippen molar-refractivity contribution in [2.45, 2.75) is 0 Å². The molecule has 0 atom stereocenters. The maximum absolute atomic E-state index is 5.66. The number of hydrogen-bond donors (Lipinski definition) is 0. The average molecular weight is 771 g/mol. The van der Waals surface area contributed by atoms with Gasteiger partial charge in [-0.2, -0.15) is 0 Å². The van der Waals surface area contributed by atoms with E-state index in [1.807, 2.05) is 48.5 Å². The molecule has 0 amide bonds. The molecule has 0 saturated heterocycles. The minimum atomic E-state index is -2.94. The zero-order valence-corrected chi connectivity index (χ0v) is 29.0. The Morgan fingerprint density at radius 3 is 0.791 bits per heavy atom. The van der Waals surface area contributed by atoms with Crippen LogP contribution in [0.5, 0.6) is 46.0 Å². The van der Waals surface area contributed by atoms with E-state index in [-0.39, 0.29) is 16.8 Å². The third kappa shape index (κ3) is 6.63. The van der Waals surface area contributed by atoms with Gasteiger partial charge in [-0.15, -0.1) is 9.03 Å². The van der Waals surface area contributed by atoms with Crippen molar-refractivity contribution in [3.63, 3.8) is 0 Å². The monoisotopic (exact) mass is 771 g/mol. The molecule has 4 heterocycles. The van der Waals surface area contributed by atoms with Crippen molar-refractivity contribution in [3.05, 3.63) is 97.1 Å². The van der Waals surface area contributed by atoms with Crippen LogP contribution in [0.25, 0.3) is 0 Å². The van der Waals surface area contributed by atoms with Crippen LogP contribution in [-0.2, 0) is 64.9 Å². The predicted molar refractivity (Wildman–Crippen MR) is 173 cm³/mol. The van der Waals surface area contributed by atoms with E-state index in [1.54, 1.807) is 48.5 Å². The smallest absolute Gasteiger partial charge is 0.656 e. The predicted octanol–water partition coefficient (Wildman–Crippen LogP) is 9.29. The van der Waals surface area contributed by atoms with Crippen molar-refractivity contribution in [2.75, 3.05) is 0 Å². The van der Waals surface area contributed by atoms with Gasteiger partial charge in [0.1, 0.15) is 0 Å². The van der Waals surface area contributed by atoms with E-state index in [2.05, 4.69) is 9.03 Å². The molecule has 0 saturated carbocycles. The molecule has 0 bridgehead atoms. The van der Waals surface area contributed by atoms with Crippen LogP contribution in [0, 0.1) is 0 Å². The van der Waals surface area contributed by atoms with Crippen molar-refractivity contribution < 1.29 is 53.0 Å². The second-order valence-corrected chi connectivity index (χ2v) is 20.7. The zero-order valence-electron chi connectivity index (χ0n) is 21.2. The molecule has 1 radical (unpaired) electrons. The number of benzene rings is 4. The minimum absolute atomic E-state index is 0. The van der Waals surface area contributed by atoms with E-state index < -0.39 is 26.7 Å². The van der Waals surface area contributed by atoms with Gasteiger partial charge in [0.15, 0.2) is 59.4 Å². The molecule has 4 aliphatic rings. The minimum Gasteiger partial charge on any atom is -0.656 e. The van der Waals surface area contributed by atoms with Crippen molar-refractivity contribution in [2.24, 2.45) is 9.03 Å². The molecule has 0 spiro atoms. The van der Waals surface area contributed by atoms with Crippen molar-refractivity contribution in [3.8, 4) is 46.0 Å². The van der Waals surface area contributed by atoms with E-state index in [0.717, 1.165) is 0 Å². The van der Waals surface area contributed by atoms with Gasteiger partial charge in [0.25, 0.3) is 0 Å². The Labute approximate surface area is 278 Å². The standard InChI is InChI=1S/2C12H8NO4P2S2.Co/c2*20-18(14-9-5-1-2-6-10(9)15-18)13-19(21)16-11-7-3-4-8-12(11)17-19;/h2*1-8H;/q2*-1;+2. The molecule has 0 aromatic heterocycles. The fourth-order valence-electron chi connectivity index (χ4n) is 3.89. The summed E-state index contributed by atoms with van der Waals surface area (Å²) >= 11 is 21.6. The quantitative estimate of drug-likeness (QED) is 0.144. The zero-order chi connectivity index (χ0) is 29.0. The summed E-state index contributed by atoms with van der Waals surface area (Å²) in [7, 11) is 0. The molecule has 43 heavy (non-hydrogen) atoms. The first-order valence-corrected chi connectivity index (χ1v) is 22.3. The summed E-state index contributed by atoms with van der Waals surface area (Å²) in [5.74, 6) is 4.58. The Morgan fingerprint density at radius 2 is 0.581 bits per heavy atom. The van der Waals surface area contributed by atoms with E-state index in [4.69, 9.17) is 84.3 Å². The molecule has 4 aromatic rings. The van der Waals surface area contributed by atoms with Gasteiger partial charge in [-0.05, 0) is 48.5 Å². The van der Waals surface area contributed by atoms with Crippen LogP contribution in [0.4, 0.5) is 0 Å². The summed E-state index contributed by atoms with van der Waals surface area (Å²) in [4.78, 5) is 0. The number of fused-ring (bicyclic) bond motifs is 4. The first-order chi connectivity index (χ1) is 20.1. The number of para-hydroxylation sites is 8. The van der Waals surface area contributed by atoms with Crippen LogP contribution in [0.2, 0.25) is 0 Å². The van der Waals surface area contributed by atoms with Crippen LogP contribution in [-0.4, -0.2) is 0 Å². The van der Waals surface area contributed by atoms with Crippen LogP contribution >= 0.6 is 26.7 Å². The number of rotatable bonds is 2. The van der Waals surface area contributed by atoms with Crippen LogP contribution in [0.15, 0.2) is 106 Å². The molecule has 0 N–H and O–H groups in total. The van der Waals surface area contributed by atoms with Gasteiger partial charge in [0, 0.05) is 23.6 Å². The van der Waals surface area contributed by atoms with E-state index in [1.165, 1.54) is 0 Å². The fraction of sp³-hybridized carbons (Fsp3) is 0. The molecule has 4 aromatic carbocycles. The molecular weight excluding hydrogens is 755 g/mol. The van der Waals surface area contributed by atoms with Crippen LogP contribution in [0.3, 0.4) is 0 Å². The van der Waals surface area contributed by atoms with Gasteiger partial charge < -0.3 is 60.7 Å². The Hall–Kier alpha value is -1.75. The molecule has 19 heteroatoms. The maximum atomic E-state index is 5.66. The Balaban J connectivity index is 0.000000150. The molecular formula is C24H16CoN2O8P4S4. The third-order valence-electron chi connectivity index (χ3n) is 5.54. The normalized spacial score (nSPS) is 18.8. The van der Waals surface area contributed by atoms with Gasteiger partial charge in [-0.25, -0.2) is 0 Å². The number of hydrogen-bond acceptors (Lipinski definition) is 12. The molecule has 4 aliphatic heterocycles. The summed E-state index contributed by atoms with van der Waals surface area (Å²) in [6.45, 7) is -11.8. The van der Waals surface area contributed by atoms with Gasteiger partial charge >= 0.3 is 30.1 Å². The molecule has 8 rings (SSSR count). The molecule has 0 aliphatic carbocycles. The maximum Gasteiger partial charge on any atom is 2.00 e. The Morgan fingerprint density at radius 1 is 0.395 bits per heavy atom. The molecule has 223 valence electrons. The Bertz CT molecular complexity index is 1710. The summed E-state index contributed by atoms with van der Waals surface area (Å²) < 4.78 is 53.9. The molecule has 0 fully saturated rings. The van der Waals surface area contributed by atoms with Gasteiger partial charge in [0.05, 0.1) is 0 Å². The van der Waals surface area contributed by atoms with Gasteiger partial charge in [-0.1, -0.05) is 48.5 Å². The first-order valence-electron chi connectivity index (χ1n) is 11.9. The van der Waals surface area contributed by atoms with E-state index in [0.29, 0.717) is 46.0 Å². The van der Waals surface area contributed by atoms with E-state index in [9.17, 15) is 0 Å². The Kier molecular flexibility index (Phi) is 8.63.